The Morgan fingerprint density at radius 1 is 0.415 bits per heavy atom. The molecular weight excluding hydrogens is 1810 g/mol. The average molecular weight is 1960 g/mol. The smallest absolute Gasteiger partial charge is 0.255 e. The van der Waals surface area contributed by atoms with E-state index >= 15 is 0 Å². The van der Waals surface area contributed by atoms with Crippen LogP contribution in [0.1, 0.15) is 229 Å². The van der Waals surface area contributed by atoms with Crippen LogP contribution in [0.2, 0.25) is 30.1 Å². The van der Waals surface area contributed by atoms with Gasteiger partial charge in [0, 0.05) is 152 Å². The van der Waals surface area contributed by atoms with E-state index in [1.165, 1.54) is 203 Å². The average Bonchev–Trinajstić information content (AvgIpc) is 0.793. The molecule has 2 amide bonds. The van der Waals surface area contributed by atoms with Gasteiger partial charge in [-0.1, -0.05) is 156 Å². The standard InChI is InChI=1S/C30H35Cl2N3O.C29H41N3O.C27H35Cl2N3O.C26H33Cl2N3O2.2H2/c1-30(12-16-34(17-13-30)20-23-6-9-26(31)27(32)18-23)35-15-3-4-22(21-35)7-11-29(36)25-8-10-28-24(19-25)5-2-14-33-28;33-29(26-11-12-28-25(20-26)9-4-16-30-28)13-10-24-8-5-17-32(22-24)27-14-18-31(19-15-27)21-23-6-2-1-3-7-23;1-20-5-2-3-7-23(20)16-27(33)30-17-22-6-4-12-32(19-22)24-10-13-31(14-11-24)18-21-8-9-25(28)26(29)15-21;1-33-25-7-3-2-6-22(25)26(32)29-16-20-5-4-12-31(18-20)21-10-13-30(14-11-21)17-19-8-9-23(27)24(28)15-19;;/h2,5-6,8-10,14,18-19,22H,3-4,7,11-13,15-17,20-21H2,1H3;4,9,11-12,16,20,23-24,27H,1-3,5-8,10,13-15,17-19,21-22H2;2-3,5,7-9,15,22,24H,4,6,10-14,16-19H2,1H3,(H,30,33);2-3,6-9,15,20-21H,4-5,10-14,16-18H2,1H3,(H,29,32);2*1H. The molecule has 1 saturated carbocycles. The van der Waals surface area contributed by atoms with E-state index in [4.69, 9.17) is 74.3 Å². The van der Waals surface area contributed by atoms with Crippen LogP contribution in [0.15, 0.2) is 176 Å². The van der Waals surface area contributed by atoms with Crippen molar-refractivity contribution >= 4 is 115 Å². The lowest BCUT2D eigenvalue weighted by molar-refractivity contribution is -0.120. The number of fused-ring (bicyclic) bond motifs is 2. The molecule has 8 saturated heterocycles. The molecular formula is C112H148Cl6N12O5. The fraction of sp³-hybridized carbons (Fsp3) is 0.536. The Kier molecular flexibility index (Phi) is 38.9. The van der Waals surface area contributed by atoms with Gasteiger partial charge in [0.1, 0.15) is 5.75 Å². The molecule has 10 heterocycles. The van der Waals surface area contributed by atoms with Crippen molar-refractivity contribution in [3.63, 3.8) is 0 Å². The summed E-state index contributed by atoms with van der Waals surface area (Å²) in [6.45, 7) is 28.5. The van der Waals surface area contributed by atoms with E-state index in [2.05, 4.69) is 97.9 Å². The Balaban J connectivity index is 0.000000154. The molecule has 17 nitrogen and oxygen atoms in total. The maximum Gasteiger partial charge on any atom is 0.255 e. The molecule has 0 bridgehead atoms. The molecule has 9 aromatic rings. The third-order valence-corrected chi connectivity index (χ3v) is 33.2. The monoisotopic (exact) mass is 1950 g/mol. The molecule has 23 heteroatoms. The number of Topliss-reactive ketones (excluding diaryl/α,β-unsaturated/α-hetero) is 2. The number of ether oxygens (including phenoxy) is 1. The second kappa shape index (κ2) is 51.3. The van der Waals surface area contributed by atoms with Gasteiger partial charge in [-0.2, -0.15) is 0 Å². The highest BCUT2D eigenvalue weighted by Crippen LogP contribution is 2.38. The van der Waals surface area contributed by atoms with Gasteiger partial charge in [0.25, 0.3) is 5.91 Å². The van der Waals surface area contributed by atoms with Crippen LogP contribution in [-0.4, -0.2) is 228 Å². The highest BCUT2D eigenvalue weighted by atomic mass is 35.5. The quantitative estimate of drug-likeness (QED) is 0.0447. The lowest BCUT2D eigenvalue weighted by Crippen LogP contribution is -2.56. The lowest BCUT2D eigenvalue weighted by atomic mass is 9.83. The van der Waals surface area contributed by atoms with Crippen LogP contribution in [0.3, 0.4) is 0 Å². The molecule has 728 valence electrons. The summed E-state index contributed by atoms with van der Waals surface area (Å²) >= 11 is 36.7. The minimum atomic E-state index is -0.0554. The van der Waals surface area contributed by atoms with Gasteiger partial charge in [-0.25, -0.2) is 0 Å². The topological polar surface area (TPSA) is 153 Å². The number of halogens is 6. The van der Waals surface area contributed by atoms with Crippen molar-refractivity contribution in [2.45, 2.75) is 224 Å². The number of rotatable bonds is 28. The zero-order valence-electron chi connectivity index (χ0n) is 80.1. The molecule has 2 N–H and O–H groups in total. The summed E-state index contributed by atoms with van der Waals surface area (Å²) in [5, 5.41) is 12.2. The van der Waals surface area contributed by atoms with Gasteiger partial charge in [0.05, 0.1) is 60.3 Å². The number of likely N-dealkylation sites (tertiary alicyclic amines) is 8. The highest BCUT2D eigenvalue weighted by Gasteiger charge is 2.40. The predicted octanol–water partition coefficient (Wildman–Crippen LogP) is 24.2. The Hall–Kier alpha value is -7.14. The van der Waals surface area contributed by atoms with Crippen LogP contribution in [0.25, 0.3) is 21.8 Å². The van der Waals surface area contributed by atoms with Crippen molar-refractivity contribution in [3.05, 3.63) is 251 Å². The Labute approximate surface area is 837 Å². The van der Waals surface area contributed by atoms with Gasteiger partial charge in [0.2, 0.25) is 5.91 Å². The van der Waals surface area contributed by atoms with Crippen LogP contribution in [0.4, 0.5) is 0 Å². The van der Waals surface area contributed by atoms with Gasteiger partial charge in [-0.05, 0) is 362 Å². The van der Waals surface area contributed by atoms with E-state index in [0.29, 0.717) is 103 Å². The van der Waals surface area contributed by atoms with Crippen LogP contribution in [0, 0.1) is 36.5 Å². The molecule has 4 atom stereocenters. The highest BCUT2D eigenvalue weighted by molar-refractivity contribution is 6.43. The Morgan fingerprint density at radius 3 is 1.33 bits per heavy atom. The van der Waals surface area contributed by atoms with Crippen molar-refractivity contribution in [3.8, 4) is 5.75 Å². The second-order valence-corrected chi connectivity index (χ2v) is 43.0. The van der Waals surface area contributed by atoms with Crippen LogP contribution >= 0.6 is 69.6 Å². The molecule has 18 rings (SSSR count). The lowest BCUT2D eigenvalue weighted by Gasteiger charge is -2.50. The maximum absolute atomic E-state index is 12.9. The summed E-state index contributed by atoms with van der Waals surface area (Å²) in [6, 6.07) is 55.1. The third kappa shape index (κ3) is 30.2. The van der Waals surface area contributed by atoms with E-state index in [9.17, 15) is 19.2 Å². The van der Waals surface area contributed by atoms with E-state index < -0.39 is 0 Å². The Morgan fingerprint density at radius 2 is 0.844 bits per heavy atom. The van der Waals surface area contributed by atoms with Crippen molar-refractivity contribution < 1.29 is 26.8 Å². The molecule has 0 spiro atoms. The number of amides is 2. The van der Waals surface area contributed by atoms with Crippen LogP contribution in [0.5, 0.6) is 5.75 Å². The number of hydrogen-bond donors (Lipinski definition) is 2. The number of para-hydroxylation sites is 1. The molecule has 8 aliphatic heterocycles. The van der Waals surface area contributed by atoms with E-state index in [1.54, 1.807) is 19.5 Å². The zero-order chi connectivity index (χ0) is 94.0. The number of ketones is 2. The zero-order valence-corrected chi connectivity index (χ0v) is 84.6. The number of methoxy groups -OCH3 is 1. The molecule has 2 aromatic heterocycles. The number of nitrogens with zero attached hydrogens (tertiary/aromatic N) is 10. The summed E-state index contributed by atoms with van der Waals surface area (Å²) < 4.78 is 5.33. The fourth-order valence-electron chi connectivity index (χ4n) is 22.9. The first-order valence-corrected chi connectivity index (χ1v) is 53.1. The number of nitrogens with one attached hydrogen (secondary N) is 2. The summed E-state index contributed by atoms with van der Waals surface area (Å²) in [5.41, 5.74) is 10.3. The van der Waals surface area contributed by atoms with Gasteiger partial charge < -0.3 is 25.2 Å². The molecule has 4 unspecified atom stereocenters. The minimum Gasteiger partial charge on any atom is -0.496 e. The molecule has 0 radical (unpaired) electrons. The molecule has 7 aromatic carbocycles. The van der Waals surface area contributed by atoms with Crippen molar-refractivity contribution in [1.29, 1.82) is 0 Å². The third-order valence-electron chi connectivity index (χ3n) is 31.0. The van der Waals surface area contributed by atoms with E-state index in [1.807, 2.05) is 140 Å². The number of aromatic nitrogens is 2. The van der Waals surface area contributed by atoms with Crippen LogP contribution < -0.4 is 15.4 Å². The normalized spacial score (nSPS) is 21.6. The van der Waals surface area contributed by atoms with Gasteiger partial charge >= 0.3 is 0 Å². The number of carbonyl (C=O) groups excluding carboxylic acids is 4. The molecule has 1 aliphatic carbocycles. The summed E-state index contributed by atoms with van der Waals surface area (Å²) in [5.74, 6) is 4.51. The Bertz CT molecular complexity index is 5330. The second-order valence-electron chi connectivity index (χ2n) is 40.6. The van der Waals surface area contributed by atoms with Crippen LogP contribution in [-0.2, 0) is 30.8 Å². The number of pyridine rings is 2. The number of hydrogen-bond acceptors (Lipinski definition) is 15. The van der Waals surface area contributed by atoms with Crippen molar-refractivity contribution in [1.82, 2.24) is 59.8 Å². The first-order valence-electron chi connectivity index (χ1n) is 50.8. The molecule has 9 aliphatic rings. The van der Waals surface area contributed by atoms with E-state index in [0.717, 1.165) is 155 Å². The van der Waals surface area contributed by atoms with Crippen molar-refractivity contribution in [2.24, 2.45) is 29.6 Å². The maximum atomic E-state index is 12.9. The van der Waals surface area contributed by atoms with Crippen molar-refractivity contribution in [2.75, 3.05) is 131 Å². The molecule has 135 heavy (non-hydrogen) atoms. The van der Waals surface area contributed by atoms with Gasteiger partial charge in [-0.3, -0.25) is 58.5 Å². The largest absolute Gasteiger partial charge is 0.496 e. The first-order chi connectivity index (χ1) is 65.6. The summed E-state index contributed by atoms with van der Waals surface area (Å²) in [4.78, 5) is 80.8. The van der Waals surface area contributed by atoms with Gasteiger partial charge in [-0.15, -0.1) is 0 Å². The molecule has 9 fully saturated rings. The van der Waals surface area contributed by atoms with E-state index in [-0.39, 0.29) is 31.8 Å². The number of benzene rings is 7. The predicted molar refractivity (Wildman–Crippen MR) is 560 cm³/mol. The SMILES string of the molecule is CC1(N2CCCC(CCC(=O)c3ccc4ncccc4c3)C2)CCN(Cc2ccc(Cl)c(Cl)c2)CC1.COc1ccccc1C(=O)NCC1CCCN(C2CCN(Cc3ccc(Cl)c(Cl)c3)CC2)C1.Cc1ccccc1CC(=O)NCC1CCCN(C2CCN(Cc3ccc(Cl)c(Cl)c3)CC2)C1.O=C(CCC1CCCN(C2CCN(CC3CCCCC3)CC2)C1)c1ccc2ncccc2c1.[HH].[HH]. The fourth-order valence-corrected chi connectivity index (χ4v) is 23.8. The number of piperidine rings is 8. The minimum absolute atomic E-state index is 0. The number of carbonyl (C=O) groups is 4. The first kappa shape index (κ1) is 102. The summed E-state index contributed by atoms with van der Waals surface area (Å²) in [7, 11) is 1.60. The summed E-state index contributed by atoms with van der Waals surface area (Å²) in [6.07, 6.45) is 34.3. The number of aryl methyl sites for hydroxylation is 1. The van der Waals surface area contributed by atoms with Gasteiger partial charge in [0.15, 0.2) is 11.6 Å².